The van der Waals surface area contributed by atoms with E-state index < -0.39 is 10.0 Å². The van der Waals surface area contributed by atoms with Crippen LogP contribution in [0.5, 0.6) is 0 Å². The highest BCUT2D eigenvalue weighted by Crippen LogP contribution is 2.17. The molecule has 0 saturated carbocycles. The summed E-state index contributed by atoms with van der Waals surface area (Å²) in [6.45, 7) is 1.84. The third-order valence-electron chi connectivity index (χ3n) is 4.14. The van der Waals surface area contributed by atoms with E-state index in [4.69, 9.17) is 0 Å². The fourth-order valence-electron chi connectivity index (χ4n) is 2.45. The molecule has 0 spiro atoms. The lowest BCUT2D eigenvalue weighted by molar-refractivity contribution is -0.113. The van der Waals surface area contributed by atoms with Gasteiger partial charge < -0.3 is 9.88 Å². The molecule has 0 saturated heterocycles. The predicted octanol–water partition coefficient (Wildman–Crippen LogP) is 2.47. The van der Waals surface area contributed by atoms with Crippen LogP contribution in [-0.2, 0) is 28.4 Å². The second-order valence-electron chi connectivity index (χ2n) is 6.44. The van der Waals surface area contributed by atoms with E-state index in [1.54, 1.807) is 23.7 Å². The average molecular weight is 450 g/mol. The Morgan fingerprint density at radius 2 is 1.77 bits per heavy atom. The maximum Gasteiger partial charge on any atom is 0.240 e. The Kier molecular flexibility index (Phi) is 6.85. The summed E-state index contributed by atoms with van der Waals surface area (Å²) in [5.41, 5.74) is 1.46. The second kappa shape index (κ2) is 9.37. The van der Waals surface area contributed by atoms with Crippen molar-refractivity contribution in [3.63, 3.8) is 0 Å². The summed E-state index contributed by atoms with van der Waals surface area (Å²) in [5.74, 6) is -0.186. The van der Waals surface area contributed by atoms with Crippen LogP contribution in [0.2, 0.25) is 0 Å². The molecule has 11 heteroatoms. The fourth-order valence-corrected chi connectivity index (χ4v) is 4.16. The lowest BCUT2D eigenvalue weighted by Gasteiger charge is -2.08. The molecule has 0 fully saturated rings. The van der Waals surface area contributed by atoms with Gasteiger partial charge in [0.1, 0.15) is 11.6 Å². The number of carbonyl (C=O) groups excluding carboxylic acids is 1. The van der Waals surface area contributed by atoms with Crippen LogP contribution in [0.25, 0.3) is 0 Å². The van der Waals surface area contributed by atoms with Crippen LogP contribution in [-0.4, -0.2) is 34.8 Å². The first-order valence-corrected chi connectivity index (χ1v) is 11.3. The minimum absolute atomic E-state index is 0.0396. The van der Waals surface area contributed by atoms with Crippen molar-refractivity contribution in [2.75, 3.05) is 11.1 Å². The smallest absolute Gasteiger partial charge is 0.240 e. The lowest BCUT2D eigenvalue weighted by atomic mass is 10.2. The predicted molar refractivity (Wildman–Crippen MR) is 112 cm³/mol. The van der Waals surface area contributed by atoms with Gasteiger partial charge in [-0.25, -0.2) is 17.5 Å². The van der Waals surface area contributed by atoms with Gasteiger partial charge in [-0.1, -0.05) is 29.5 Å². The van der Waals surface area contributed by atoms with Gasteiger partial charge in [0.2, 0.25) is 15.9 Å². The summed E-state index contributed by atoms with van der Waals surface area (Å²) < 4.78 is 41.8. The Labute approximate surface area is 178 Å². The third kappa shape index (κ3) is 5.65. The van der Waals surface area contributed by atoms with Crippen molar-refractivity contribution in [2.24, 2.45) is 7.05 Å². The largest absolute Gasteiger partial charge is 0.325 e. The third-order valence-corrected chi connectivity index (χ3v) is 6.57. The number of amides is 1. The molecule has 3 rings (SSSR count). The summed E-state index contributed by atoms with van der Waals surface area (Å²) in [6, 6.07) is 12.0. The molecular weight excluding hydrogens is 429 g/mol. The summed E-state index contributed by atoms with van der Waals surface area (Å²) in [6.07, 6.45) is 0. The van der Waals surface area contributed by atoms with Gasteiger partial charge in [-0.3, -0.25) is 4.79 Å². The number of benzene rings is 2. The van der Waals surface area contributed by atoms with Crippen LogP contribution in [0.3, 0.4) is 0 Å². The molecule has 1 heterocycles. The van der Waals surface area contributed by atoms with E-state index in [1.807, 2.05) is 6.92 Å². The van der Waals surface area contributed by atoms with E-state index in [1.165, 1.54) is 36.4 Å². The molecular formula is C19H20FN5O3S2. The van der Waals surface area contributed by atoms with Crippen molar-refractivity contribution in [3.8, 4) is 0 Å². The molecule has 0 atom stereocenters. The van der Waals surface area contributed by atoms with E-state index in [2.05, 4.69) is 20.2 Å². The molecule has 1 amide bonds. The summed E-state index contributed by atoms with van der Waals surface area (Å²) in [7, 11) is -1.98. The molecule has 8 nitrogen and oxygen atoms in total. The molecule has 0 bridgehead atoms. The van der Waals surface area contributed by atoms with Crippen molar-refractivity contribution in [1.29, 1.82) is 0 Å². The van der Waals surface area contributed by atoms with Gasteiger partial charge in [-0.05, 0) is 43.3 Å². The molecule has 0 aliphatic heterocycles. The topological polar surface area (TPSA) is 106 Å². The van der Waals surface area contributed by atoms with E-state index >= 15 is 0 Å². The van der Waals surface area contributed by atoms with Crippen LogP contribution < -0.4 is 10.0 Å². The van der Waals surface area contributed by atoms with E-state index in [-0.39, 0.29) is 28.9 Å². The van der Waals surface area contributed by atoms with Crippen LogP contribution in [0, 0.1) is 12.7 Å². The van der Waals surface area contributed by atoms with Crippen molar-refractivity contribution >= 4 is 33.4 Å². The minimum Gasteiger partial charge on any atom is -0.325 e. The van der Waals surface area contributed by atoms with E-state index in [0.717, 1.165) is 17.3 Å². The Bertz CT molecular complexity index is 1130. The Hall–Kier alpha value is -2.76. The van der Waals surface area contributed by atoms with Crippen LogP contribution in [0.15, 0.2) is 58.6 Å². The fraction of sp³-hybridized carbons (Fsp3) is 0.211. The molecule has 2 aromatic carbocycles. The van der Waals surface area contributed by atoms with Gasteiger partial charge in [0.25, 0.3) is 0 Å². The van der Waals surface area contributed by atoms with Gasteiger partial charge in [0.15, 0.2) is 5.16 Å². The van der Waals surface area contributed by atoms with E-state index in [9.17, 15) is 17.6 Å². The number of aromatic nitrogens is 3. The quantitative estimate of drug-likeness (QED) is 0.512. The summed E-state index contributed by atoms with van der Waals surface area (Å²) in [4.78, 5) is 12.2. The lowest BCUT2D eigenvalue weighted by Crippen LogP contribution is -2.24. The molecule has 158 valence electrons. The van der Waals surface area contributed by atoms with Gasteiger partial charge in [0.05, 0.1) is 17.2 Å². The number of sulfonamides is 1. The monoisotopic (exact) mass is 449 g/mol. The number of hydrogen-bond acceptors (Lipinski definition) is 6. The SMILES string of the molecule is Cc1ccc(S(=O)(=O)NCc2nnc(SCC(=O)Nc3ccc(F)cc3)n2C)cc1. The second-order valence-corrected chi connectivity index (χ2v) is 9.15. The van der Waals surface area contributed by atoms with Crippen molar-refractivity contribution in [3.05, 3.63) is 65.7 Å². The highest BCUT2D eigenvalue weighted by Gasteiger charge is 2.17. The van der Waals surface area contributed by atoms with Crippen LogP contribution in [0.4, 0.5) is 10.1 Å². The average Bonchev–Trinajstić information content (AvgIpc) is 3.06. The maximum atomic E-state index is 12.9. The first kappa shape index (κ1) is 21.9. The van der Waals surface area contributed by atoms with Crippen LogP contribution >= 0.6 is 11.8 Å². The zero-order valence-corrected chi connectivity index (χ0v) is 17.9. The zero-order valence-electron chi connectivity index (χ0n) is 16.3. The molecule has 1 aromatic heterocycles. The van der Waals surface area contributed by atoms with E-state index in [0.29, 0.717) is 16.7 Å². The van der Waals surface area contributed by atoms with Gasteiger partial charge in [0, 0.05) is 12.7 Å². The standard InChI is InChI=1S/C19H20FN5O3S2/c1-13-3-9-16(10-4-13)30(27,28)21-11-17-23-24-19(25(17)2)29-12-18(26)22-15-7-5-14(20)6-8-15/h3-10,21H,11-12H2,1-2H3,(H,22,26). The normalized spacial score (nSPS) is 11.4. The maximum absolute atomic E-state index is 12.9. The van der Waals surface area contributed by atoms with Gasteiger partial charge >= 0.3 is 0 Å². The number of nitrogens with zero attached hydrogens (tertiary/aromatic N) is 3. The Balaban J connectivity index is 1.55. The highest BCUT2D eigenvalue weighted by atomic mass is 32.2. The van der Waals surface area contributed by atoms with Crippen molar-refractivity contribution < 1.29 is 17.6 Å². The van der Waals surface area contributed by atoms with Crippen LogP contribution in [0.1, 0.15) is 11.4 Å². The number of aryl methyl sites for hydroxylation is 1. The summed E-state index contributed by atoms with van der Waals surface area (Å²) in [5, 5.41) is 11.1. The Morgan fingerprint density at radius 3 is 2.43 bits per heavy atom. The Morgan fingerprint density at radius 1 is 1.10 bits per heavy atom. The van der Waals surface area contributed by atoms with Gasteiger partial charge in [-0.2, -0.15) is 0 Å². The first-order valence-electron chi connectivity index (χ1n) is 8.87. The molecule has 3 aromatic rings. The highest BCUT2D eigenvalue weighted by molar-refractivity contribution is 7.99. The molecule has 0 aliphatic carbocycles. The number of halogens is 1. The first-order chi connectivity index (χ1) is 14.2. The number of anilines is 1. The minimum atomic E-state index is -3.67. The molecule has 0 aliphatic rings. The van der Waals surface area contributed by atoms with Crippen molar-refractivity contribution in [1.82, 2.24) is 19.5 Å². The molecule has 30 heavy (non-hydrogen) atoms. The molecule has 0 unspecified atom stereocenters. The van der Waals surface area contributed by atoms with Crippen molar-refractivity contribution in [2.45, 2.75) is 23.5 Å². The van der Waals surface area contributed by atoms with Gasteiger partial charge in [-0.15, -0.1) is 10.2 Å². The molecule has 0 radical (unpaired) electrons. The summed E-state index contributed by atoms with van der Waals surface area (Å²) >= 11 is 1.16. The number of nitrogens with one attached hydrogen (secondary N) is 2. The zero-order chi connectivity index (χ0) is 21.7. The number of carbonyl (C=O) groups is 1. The number of rotatable bonds is 8. The number of thioether (sulfide) groups is 1. The number of hydrogen-bond donors (Lipinski definition) is 2. The molecule has 2 N–H and O–H groups in total.